The Hall–Kier alpha value is -3.40. The number of benzene rings is 3. The zero-order valence-corrected chi connectivity index (χ0v) is 22.6. The van der Waals surface area contributed by atoms with Crippen molar-refractivity contribution in [3.05, 3.63) is 90.0 Å². The first-order valence-corrected chi connectivity index (χ1v) is 13.4. The molecule has 0 fully saturated rings. The summed E-state index contributed by atoms with van der Waals surface area (Å²) in [5.74, 6) is 0.366. The van der Waals surface area contributed by atoms with E-state index >= 15 is 0 Å². The second-order valence-corrected chi connectivity index (χ2v) is 10.9. The predicted octanol–water partition coefficient (Wildman–Crippen LogP) is 3.63. The van der Waals surface area contributed by atoms with Crippen LogP contribution in [0.15, 0.2) is 83.8 Å². The first kappa shape index (κ1) is 28.2. The summed E-state index contributed by atoms with van der Waals surface area (Å²) in [6.45, 7) is 2.13. The molecule has 198 valence electrons. The van der Waals surface area contributed by atoms with Crippen LogP contribution in [0.1, 0.15) is 11.1 Å². The monoisotopic (exact) mass is 525 g/mol. The lowest BCUT2D eigenvalue weighted by molar-refractivity contribution is -0.134. The summed E-state index contributed by atoms with van der Waals surface area (Å²) in [5, 5.41) is 0. The van der Waals surface area contributed by atoms with Crippen LogP contribution < -0.4 is 9.04 Å². The molecular formula is C28H35N3O5S. The summed E-state index contributed by atoms with van der Waals surface area (Å²) in [7, 11) is 3.30. The average Bonchev–Trinajstić information content (AvgIpc) is 2.90. The summed E-state index contributed by atoms with van der Waals surface area (Å²) >= 11 is 0. The van der Waals surface area contributed by atoms with Gasteiger partial charge in [-0.15, -0.1) is 0 Å². The number of methoxy groups -OCH3 is 1. The number of hydrogen-bond acceptors (Lipinski definition) is 6. The lowest BCUT2D eigenvalue weighted by Gasteiger charge is -2.25. The van der Waals surface area contributed by atoms with Gasteiger partial charge in [0.25, 0.3) is 15.9 Å². The van der Waals surface area contributed by atoms with E-state index in [1.807, 2.05) is 49.3 Å². The molecule has 37 heavy (non-hydrogen) atoms. The summed E-state index contributed by atoms with van der Waals surface area (Å²) in [5.41, 5.74) is 2.43. The lowest BCUT2D eigenvalue weighted by Crippen LogP contribution is -2.38. The van der Waals surface area contributed by atoms with Crippen LogP contribution in [-0.2, 0) is 32.7 Å². The number of rotatable bonds is 13. The maximum atomic E-state index is 13.0. The van der Waals surface area contributed by atoms with Gasteiger partial charge in [-0.2, -0.15) is 0 Å². The summed E-state index contributed by atoms with van der Waals surface area (Å²) in [6.07, 6.45) is 0. The van der Waals surface area contributed by atoms with E-state index < -0.39 is 10.0 Å². The van der Waals surface area contributed by atoms with Gasteiger partial charge in [-0.1, -0.05) is 42.5 Å². The second kappa shape index (κ2) is 13.2. The third kappa shape index (κ3) is 8.04. The molecule has 0 spiro atoms. The highest BCUT2D eigenvalue weighted by molar-refractivity contribution is 7.92. The van der Waals surface area contributed by atoms with E-state index in [2.05, 4.69) is 0 Å². The molecule has 0 aliphatic heterocycles. The molecule has 8 nitrogen and oxygen atoms in total. The fraction of sp³-hybridized carbons (Fsp3) is 0.321. The molecule has 0 aliphatic rings. The molecule has 0 saturated carbocycles. The second-order valence-electron chi connectivity index (χ2n) is 8.94. The largest absolute Gasteiger partial charge is 0.484 e. The van der Waals surface area contributed by atoms with Crippen molar-refractivity contribution in [2.45, 2.75) is 18.0 Å². The van der Waals surface area contributed by atoms with E-state index in [4.69, 9.17) is 9.47 Å². The van der Waals surface area contributed by atoms with Gasteiger partial charge in [0.15, 0.2) is 6.61 Å². The smallest absolute Gasteiger partial charge is 0.264 e. The van der Waals surface area contributed by atoms with Crippen molar-refractivity contribution < 1.29 is 22.7 Å². The quantitative estimate of drug-likeness (QED) is 0.339. The van der Waals surface area contributed by atoms with Crippen molar-refractivity contribution in [2.75, 3.05) is 52.3 Å². The molecule has 3 aromatic carbocycles. The predicted molar refractivity (Wildman–Crippen MR) is 145 cm³/mol. The van der Waals surface area contributed by atoms with Crippen LogP contribution in [-0.4, -0.2) is 72.1 Å². The number of ether oxygens (including phenoxy) is 2. The molecule has 0 aromatic heterocycles. The van der Waals surface area contributed by atoms with Crippen LogP contribution in [0.2, 0.25) is 0 Å². The normalized spacial score (nSPS) is 11.4. The van der Waals surface area contributed by atoms with Gasteiger partial charge in [0.1, 0.15) is 5.75 Å². The number of amides is 1. The number of carbonyl (C=O) groups excluding carboxylic acids is 1. The van der Waals surface area contributed by atoms with Crippen LogP contribution in [0.5, 0.6) is 5.75 Å². The number of sulfonamides is 1. The Morgan fingerprint density at radius 2 is 1.46 bits per heavy atom. The van der Waals surface area contributed by atoms with Crippen LogP contribution in [0.4, 0.5) is 5.69 Å². The van der Waals surface area contributed by atoms with Crippen molar-refractivity contribution >= 4 is 21.6 Å². The van der Waals surface area contributed by atoms with Gasteiger partial charge in [0.05, 0.1) is 17.2 Å². The lowest BCUT2D eigenvalue weighted by atomic mass is 10.2. The van der Waals surface area contributed by atoms with E-state index in [1.54, 1.807) is 60.5 Å². The third-order valence-electron chi connectivity index (χ3n) is 5.84. The standard InChI is InChI=1S/C28H35N3O5S/c1-29(2)18-19-31(20-23-8-6-5-7-9-23)28(32)22-36-26-14-12-25(13-15-26)30(3)37(33,34)27-16-10-24(11-17-27)21-35-4/h5-17H,18-22H2,1-4H3. The van der Waals surface area contributed by atoms with Gasteiger partial charge in [-0.25, -0.2) is 8.42 Å². The number of nitrogens with zero attached hydrogens (tertiary/aromatic N) is 3. The van der Waals surface area contributed by atoms with E-state index in [9.17, 15) is 13.2 Å². The Bertz CT molecular complexity index is 1230. The Morgan fingerprint density at radius 3 is 2.05 bits per heavy atom. The Balaban J connectivity index is 1.63. The highest BCUT2D eigenvalue weighted by atomic mass is 32.2. The first-order chi connectivity index (χ1) is 17.7. The fourth-order valence-electron chi connectivity index (χ4n) is 3.63. The van der Waals surface area contributed by atoms with Gasteiger partial charge >= 0.3 is 0 Å². The molecule has 0 aliphatic carbocycles. The molecule has 3 aromatic rings. The molecule has 3 rings (SSSR count). The minimum Gasteiger partial charge on any atom is -0.484 e. The van der Waals surface area contributed by atoms with Crippen molar-refractivity contribution in [1.82, 2.24) is 9.80 Å². The van der Waals surface area contributed by atoms with Gasteiger partial charge in [0, 0.05) is 33.8 Å². The summed E-state index contributed by atoms with van der Waals surface area (Å²) in [4.78, 5) is 17.0. The Morgan fingerprint density at radius 1 is 0.811 bits per heavy atom. The SMILES string of the molecule is COCc1ccc(S(=O)(=O)N(C)c2ccc(OCC(=O)N(CCN(C)C)Cc3ccccc3)cc2)cc1. The summed E-state index contributed by atoms with van der Waals surface area (Å²) < 4.78 is 38.1. The van der Waals surface area contributed by atoms with Gasteiger partial charge in [0.2, 0.25) is 0 Å². The first-order valence-electron chi connectivity index (χ1n) is 12.0. The molecule has 0 saturated heterocycles. The summed E-state index contributed by atoms with van der Waals surface area (Å²) in [6, 6.07) is 23.1. The molecular weight excluding hydrogens is 490 g/mol. The van der Waals surface area contributed by atoms with Crippen molar-refractivity contribution in [1.29, 1.82) is 0 Å². The van der Waals surface area contributed by atoms with Crippen LogP contribution in [0, 0.1) is 0 Å². The number of anilines is 1. The minimum absolute atomic E-state index is 0.110. The van der Waals surface area contributed by atoms with Crippen molar-refractivity contribution in [3.8, 4) is 5.75 Å². The molecule has 0 heterocycles. The Labute approximate surface area is 220 Å². The van der Waals surface area contributed by atoms with E-state index in [1.165, 1.54) is 11.4 Å². The van der Waals surface area contributed by atoms with Crippen LogP contribution >= 0.6 is 0 Å². The zero-order chi connectivity index (χ0) is 26.8. The fourth-order valence-corrected chi connectivity index (χ4v) is 4.82. The van der Waals surface area contributed by atoms with Gasteiger partial charge in [-0.05, 0) is 61.6 Å². The topological polar surface area (TPSA) is 79.4 Å². The van der Waals surface area contributed by atoms with Crippen molar-refractivity contribution in [2.24, 2.45) is 0 Å². The van der Waals surface area contributed by atoms with Gasteiger partial charge < -0.3 is 19.3 Å². The molecule has 0 N–H and O–H groups in total. The van der Waals surface area contributed by atoms with Crippen molar-refractivity contribution in [3.63, 3.8) is 0 Å². The maximum Gasteiger partial charge on any atom is 0.264 e. The molecule has 1 amide bonds. The molecule has 0 unspecified atom stereocenters. The number of hydrogen-bond donors (Lipinski definition) is 0. The highest BCUT2D eigenvalue weighted by Crippen LogP contribution is 2.25. The number of likely N-dealkylation sites (N-methyl/N-ethyl adjacent to an activating group) is 1. The van der Waals surface area contributed by atoms with E-state index in [0.717, 1.165) is 17.7 Å². The molecule has 9 heteroatoms. The van der Waals surface area contributed by atoms with E-state index in [0.29, 0.717) is 31.1 Å². The maximum absolute atomic E-state index is 13.0. The van der Waals surface area contributed by atoms with Crippen LogP contribution in [0.3, 0.4) is 0 Å². The highest BCUT2D eigenvalue weighted by Gasteiger charge is 2.21. The average molecular weight is 526 g/mol. The Kier molecular flexibility index (Phi) is 10.1. The minimum atomic E-state index is -3.73. The number of carbonyl (C=O) groups is 1. The van der Waals surface area contributed by atoms with Gasteiger partial charge in [-0.3, -0.25) is 9.10 Å². The van der Waals surface area contributed by atoms with Crippen LogP contribution in [0.25, 0.3) is 0 Å². The molecule has 0 bridgehead atoms. The molecule has 0 atom stereocenters. The van der Waals surface area contributed by atoms with E-state index in [-0.39, 0.29) is 17.4 Å². The zero-order valence-electron chi connectivity index (χ0n) is 21.8. The third-order valence-corrected chi connectivity index (χ3v) is 7.64. The molecule has 0 radical (unpaired) electrons.